The van der Waals surface area contributed by atoms with Crippen LogP contribution in [0.15, 0.2) is 146 Å². The van der Waals surface area contributed by atoms with Crippen LogP contribution in [-0.2, 0) is 10.8 Å². The summed E-state index contributed by atoms with van der Waals surface area (Å²) in [7, 11) is 0. The molecule has 1 aliphatic heterocycles. The number of imide groups is 1. The van der Waals surface area contributed by atoms with Gasteiger partial charge in [-0.1, -0.05) is 120 Å². The lowest BCUT2D eigenvalue weighted by molar-refractivity contribution is 0.0893. The number of amides is 2. The zero-order chi connectivity index (χ0) is 37.1. The van der Waals surface area contributed by atoms with Crippen LogP contribution in [0.25, 0.3) is 31.7 Å². The van der Waals surface area contributed by atoms with Crippen molar-refractivity contribution in [2.45, 2.75) is 52.4 Å². The second-order valence-electron chi connectivity index (χ2n) is 15.8. The molecule has 2 heterocycles. The minimum atomic E-state index is -0.284. The van der Waals surface area contributed by atoms with Crippen molar-refractivity contribution >= 4 is 56.7 Å². The number of benzene rings is 6. The summed E-state index contributed by atoms with van der Waals surface area (Å²) in [5.74, 6) is -0.567. The summed E-state index contributed by atoms with van der Waals surface area (Å²) in [6, 6.07) is 49.8. The maximum atomic E-state index is 14.5. The van der Waals surface area contributed by atoms with Crippen molar-refractivity contribution in [3.8, 4) is 20.9 Å². The summed E-state index contributed by atoms with van der Waals surface area (Å²) in [5, 5.41) is 1.63. The zero-order valence-corrected chi connectivity index (χ0v) is 31.8. The molecule has 53 heavy (non-hydrogen) atoms. The maximum absolute atomic E-state index is 14.5. The van der Waals surface area contributed by atoms with E-state index in [0.717, 1.165) is 59.8 Å². The first kappa shape index (κ1) is 34.3. The van der Waals surface area contributed by atoms with Crippen molar-refractivity contribution in [1.29, 1.82) is 0 Å². The molecule has 0 spiro atoms. The van der Waals surface area contributed by atoms with Gasteiger partial charge in [0.2, 0.25) is 0 Å². The standard InChI is InChI=1S/C48H42N2O2S/c1-47(2,3)32-22-27-40(48(4,5)6)41(30-32)50-45(51)38-19-13-18-37-36(25-26-39(44(37)38)46(50)52)43-29-28-42(53-43)31-20-23-35(24-21-31)49(33-14-9-7-10-15-33)34-16-11-8-12-17-34/h7-30H,1-6H3. The molecule has 0 radical (unpaired) electrons. The van der Waals surface area contributed by atoms with Gasteiger partial charge in [0.05, 0.1) is 5.69 Å². The molecule has 0 atom stereocenters. The highest BCUT2D eigenvalue weighted by Gasteiger charge is 2.37. The van der Waals surface area contributed by atoms with E-state index in [-0.39, 0.29) is 22.6 Å². The Balaban J connectivity index is 1.15. The molecular formula is C48H42N2O2S. The van der Waals surface area contributed by atoms with E-state index in [2.05, 4.69) is 144 Å². The third-order valence-corrected chi connectivity index (χ3v) is 11.3. The van der Waals surface area contributed by atoms with Crippen LogP contribution in [0.3, 0.4) is 0 Å². The van der Waals surface area contributed by atoms with Crippen LogP contribution in [-0.4, -0.2) is 11.8 Å². The maximum Gasteiger partial charge on any atom is 0.265 e. The predicted molar refractivity (Wildman–Crippen MR) is 222 cm³/mol. The summed E-state index contributed by atoms with van der Waals surface area (Å²) >= 11 is 1.71. The lowest BCUT2D eigenvalue weighted by Crippen LogP contribution is -2.42. The lowest BCUT2D eigenvalue weighted by Gasteiger charge is -2.34. The Labute approximate surface area is 316 Å². The van der Waals surface area contributed by atoms with Crippen molar-refractivity contribution in [3.63, 3.8) is 0 Å². The van der Waals surface area contributed by atoms with Crippen molar-refractivity contribution < 1.29 is 9.59 Å². The van der Waals surface area contributed by atoms with Gasteiger partial charge in [-0.15, -0.1) is 11.3 Å². The normalized spacial score (nSPS) is 13.1. The van der Waals surface area contributed by atoms with E-state index >= 15 is 0 Å². The number of rotatable bonds is 6. The highest BCUT2D eigenvalue weighted by molar-refractivity contribution is 7.18. The highest BCUT2D eigenvalue weighted by atomic mass is 32.1. The molecule has 6 aromatic carbocycles. The van der Waals surface area contributed by atoms with Crippen LogP contribution in [0.5, 0.6) is 0 Å². The number of hydrogen-bond acceptors (Lipinski definition) is 4. The third kappa shape index (κ3) is 6.15. The molecule has 1 aromatic heterocycles. The molecule has 0 N–H and O–H groups in total. The first-order chi connectivity index (χ1) is 25.4. The smallest absolute Gasteiger partial charge is 0.265 e. The molecule has 0 saturated heterocycles. The van der Waals surface area contributed by atoms with Crippen LogP contribution in [0.2, 0.25) is 0 Å². The molecule has 1 aliphatic rings. The first-order valence-electron chi connectivity index (χ1n) is 18.1. The molecule has 262 valence electrons. The molecule has 5 heteroatoms. The van der Waals surface area contributed by atoms with Crippen LogP contribution >= 0.6 is 11.3 Å². The van der Waals surface area contributed by atoms with Gasteiger partial charge < -0.3 is 4.90 Å². The lowest BCUT2D eigenvalue weighted by atomic mass is 9.80. The van der Waals surface area contributed by atoms with Gasteiger partial charge in [-0.25, -0.2) is 4.90 Å². The van der Waals surface area contributed by atoms with E-state index < -0.39 is 0 Å². The fourth-order valence-electron chi connectivity index (χ4n) is 7.36. The van der Waals surface area contributed by atoms with Gasteiger partial charge in [0, 0.05) is 43.3 Å². The number of nitrogens with zero attached hydrogens (tertiary/aromatic N) is 2. The number of anilines is 4. The van der Waals surface area contributed by atoms with Gasteiger partial charge in [0.1, 0.15) is 0 Å². The molecule has 0 bridgehead atoms. The van der Waals surface area contributed by atoms with Crippen molar-refractivity contribution in [3.05, 3.63) is 168 Å². The number of carbonyl (C=O) groups excluding carboxylic acids is 2. The predicted octanol–water partition coefficient (Wildman–Crippen LogP) is 13.1. The minimum Gasteiger partial charge on any atom is -0.311 e. The van der Waals surface area contributed by atoms with Crippen molar-refractivity contribution in [1.82, 2.24) is 0 Å². The summed E-state index contributed by atoms with van der Waals surface area (Å²) in [6.07, 6.45) is 0. The molecule has 4 nitrogen and oxygen atoms in total. The molecule has 8 rings (SSSR count). The van der Waals surface area contributed by atoms with E-state index in [1.165, 1.54) is 4.90 Å². The fraction of sp³-hybridized carbons (Fsp3) is 0.167. The van der Waals surface area contributed by atoms with Gasteiger partial charge in [-0.2, -0.15) is 0 Å². The Kier molecular flexibility index (Phi) is 8.43. The Morgan fingerprint density at radius 2 is 1.08 bits per heavy atom. The largest absolute Gasteiger partial charge is 0.311 e. The highest BCUT2D eigenvalue weighted by Crippen LogP contribution is 2.44. The van der Waals surface area contributed by atoms with Crippen molar-refractivity contribution in [2.75, 3.05) is 9.80 Å². The number of thiophene rings is 1. The quantitative estimate of drug-likeness (QED) is 0.161. The monoisotopic (exact) mass is 710 g/mol. The Morgan fingerprint density at radius 3 is 1.68 bits per heavy atom. The summed E-state index contributed by atoms with van der Waals surface area (Å²) < 4.78 is 0. The van der Waals surface area contributed by atoms with Crippen LogP contribution < -0.4 is 9.80 Å². The SMILES string of the molecule is CC(C)(C)c1ccc(C(C)(C)C)c(N2C(=O)c3cccc4c(-c5ccc(-c6ccc(N(c7ccccc7)c7ccccc7)cc6)s5)ccc(c34)C2=O)c1. The van der Waals surface area contributed by atoms with Gasteiger partial charge in [-0.3, -0.25) is 9.59 Å². The zero-order valence-electron chi connectivity index (χ0n) is 31.0. The van der Waals surface area contributed by atoms with Gasteiger partial charge in [-0.05, 0) is 105 Å². The number of hydrogen-bond donors (Lipinski definition) is 0. The van der Waals surface area contributed by atoms with E-state index in [1.807, 2.05) is 48.5 Å². The minimum absolute atomic E-state index is 0.147. The average molecular weight is 711 g/mol. The molecule has 0 aliphatic carbocycles. The Hall–Kier alpha value is -5.78. The Bertz CT molecular complexity index is 2440. The average Bonchev–Trinajstić information content (AvgIpc) is 3.64. The van der Waals surface area contributed by atoms with Crippen molar-refractivity contribution in [2.24, 2.45) is 0 Å². The first-order valence-corrected chi connectivity index (χ1v) is 18.9. The summed E-state index contributed by atoms with van der Waals surface area (Å²) in [5.41, 5.74) is 8.79. The van der Waals surface area contributed by atoms with Gasteiger partial charge in [0.15, 0.2) is 0 Å². The second kappa shape index (κ2) is 13.0. The summed E-state index contributed by atoms with van der Waals surface area (Å²) in [6.45, 7) is 12.8. The Morgan fingerprint density at radius 1 is 0.509 bits per heavy atom. The van der Waals surface area contributed by atoms with E-state index in [4.69, 9.17) is 0 Å². The number of para-hydroxylation sites is 2. The molecular weight excluding hydrogens is 669 g/mol. The molecule has 0 fully saturated rings. The number of carbonyl (C=O) groups is 2. The van der Waals surface area contributed by atoms with E-state index in [9.17, 15) is 9.59 Å². The fourth-order valence-corrected chi connectivity index (χ4v) is 8.41. The molecule has 7 aromatic rings. The molecule has 2 amide bonds. The van der Waals surface area contributed by atoms with Gasteiger partial charge >= 0.3 is 0 Å². The topological polar surface area (TPSA) is 40.6 Å². The van der Waals surface area contributed by atoms with Crippen LogP contribution in [0, 0.1) is 0 Å². The summed E-state index contributed by atoms with van der Waals surface area (Å²) in [4.78, 5) is 34.8. The third-order valence-electron chi connectivity index (χ3n) is 10.1. The van der Waals surface area contributed by atoms with Crippen LogP contribution in [0.1, 0.15) is 73.4 Å². The van der Waals surface area contributed by atoms with E-state index in [0.29, 0.717) is 16.8 Å². The molecule has 0 saturated carbocycles. The van der Waals surface area contributed by atoms with E-state index in [1.54, 1.807) is 11.3 Å². The van der Waals surface area contributed by atoms with Crippen LogP contribution in [0.4, 0.5) is 22.7 Å². The van der Waals surface area contributed by atoms with Gasteiger partial charge in [0.25, 0.3) is 11.8 Å². The second-order valence-corrected chi connectivity index (χ2v) is 16.9. The molecule has 0 unspecified atom stereocenters.